The summed E-state index contributed by atoms with van der Waals surface area (Å²) in [6.45, 7) is 0. The van der Waals surface area contributed by atoms with Gasteiger partial charge in [-0.1, -0.05) is 0 Å². The Morgan fingerprint density at radius 1 is 1.11 bits per heavy atom. The molecule has 96 valence electrons. The van der Waals surface area contributed by atoms with E-state index in [0.717, 1.165) is 21.4 Å². The zero-order valence-electron chi connectivity index (χ0n) is 10.2. The van der Waals surface area contributed by atoms with Gasteiger partial charge in [-0.2, -0.15) is 0 Å². The predicted octanol–water partition coefficient (Wildman–Crippen LogP) is 2.70. The van der Waals surface area contributed by atoms with E-state index in [1.807, 2.05) is 18.2 Å². The Morgan fingerprint density at radius 2 is 1.89 bits per heavy atom. The van der Waals surface area contributed by atoms with Gasteiger partial charge in [-0.3, -0.25) is 0 Å². The van der Waals surface area contributed by atoms with E-state index in [2.05, 4.69) is 52.9 Å². The van der Waals surface area contributed by atoms with Crippen LogP contribution in [-0.2, 0) is 0 Å². The van der Waals surface area contributed by atoms with Crippen LogP contribution in [-0.4, -0.2) is 22.1 Å². The first-order valence-corrected chi connectivity index (χ1v) is 8.56. The average Bonchev–Trinajstić information content (AvgIpc) is 2.76. The fourth-order valence-corrected chi connectivity index (χ4v) is 4.70. The molecule has 3 rings (SSSR count). The molecule has 0 N–H and O–H groups in total. The molecule has 0 radical (unpaired) electrons. The standard InChI is InChI=1S/C15H11IO2Se/c1-17-10-7-8-12-13(9-10)18-15(14(12)16)19-11-5-3-2-4-6-11/h2-9H,1H3. The normalized spacial score (nSPS) is 10.8. The summed E-state index contributed by atoms with van der Waals surface area (Å²) in [5.41, 5.74) is 0.900. The first kappa shape index (κ1) is 13.0. The van der Waals surface area contributed by atoms with Gasteiger partial charge in [0.25, 0.3) is 0 Å². The van der Waals surface area contributed by atoms with Gasteiger partial charge in [-0.05, 0) is 0 Å². The SMILES string of the molecule is COc1ccc2c(I)c([Se]c3ccccc3)oc2c1. The number of fused-ring (bicyclic) bond motifs is 1. The van der Waals surface area contributed by atoms with Gasteiger partial charge in [0, 0.05) is 0 Å². The van der Waals surface area contributed by atoms with Crippen LogP contribution >= 0.6 is 22.6 Å². The molecule has 2 nitrogen and oxygen atoms in total. The summed E-state index contributed by atoms with van der Waals surface area (Å²) in [4.78, 5) is 0. The zero-order valence-corrected chi connectivity index (χ0v) is 14.1. The van der Waals surface area contributed by atoms with Crippen LogP contribution in [0.5, 0.6) is 5.75 Å². The molecule has 0 amide bonds. The summed E-state index contributed by atoms with van der Waals surface area (Å²) in [5.74, 6) is 0.830. The third-order valence-electron chi connectivity index (χ3n) is 2.76. The molecule has 0 aliphatic heterocycles. The Kier molecular flexibility index (Phi) is 3.82. The van der Waals surface area contributed by atoms with Crippen molar-refractivity contribution in [3.63, 3.8) is 0 Å². The molecule has 0 bridgehead atoms. The van der Waals surface area contributed by atoms with Gasteiger partial charge in [0.2, 0.25) is 0 Å². The summed E-state index contributed by atoms with van der Waals surface area (Å²) < 4.78 is 14.8. The molecule has 0 fully saturated rings. The van der Waals surface area contributed by atoms with Crippen molar-refractivity contribution in [1.82, 2.24) is 0 Å². The molecule has 1 heterocycles. The Hall–Kier alpha value is -0.971. The van der Waals surface area contributed by atoms with Gasteiger partial charge in [0.1, 0.15) is 0 Å². The molecule has 0 saturated heterocycles. The van der Waals surface area contributed by atoms with E-state index in [0.29, 0.717) is 0 Å². The molecule has 0 unspecified atom stereocenters. The molecule has 0 spiro atoms. The number of methoxy groups -OCH3 is 1. The Morgan fingerprint density at radius 3 is 2.63 bits per heavy atom. The second kappa shape index (κ2) is 5.57. The van der Waals surface area contributed by atoms with Crippen molar-refractivity contribution in [1.29, 1.82) is 0 Å². The number of halogens is 1. The Bertz CT molecular complexity index is 707. The van der Waals surface area contributed by atoms with Gasteiger partial charge in [-0.15, -0.1) is 0 Å². The number of hydrogen-bond acceptors (Lipinski definition) is 2. The van der Waals surface area contributed by atoms with E-state index >= 15 is 0 Å². The maximum absolute atomic E-state index is 5.99. The van der Waals surface area contributed by atoms with Crippen LogP contribution in [0.3, 0.4) is 0 Å². The zero-order chi connectivity index (χ0) is 13.2. The number of rotatable bonds is 3. The first-order valence-electron chi connectivity index (χ1n) is 5.77. The van der Waals surface area contributed by atoms with Crippen LogP contribution in [0.4, 0.5) is 0 Å². The molecule has 1 aromatic heterocycles. The molecular formula is C15H11IO2Se. The molecule has 0 saturated carbocycles. The van der Waals surface area contributed by atoms with Crippen molar-refractivity contribution >= 4 is 57.6 Å². The van der Waals surface area contributed by atoms with Gasteiger partial charge in [0.15, 0.2) is 0 Å². The molecule has 0 atom stereocenters. The number of hydrogen-bond donors (Lipinski definition) is 0. The summed E-state index contributed by atoms with van der Waals surface area (Å²) in [6, 6.07) is 16.4. The number of benzene rings is 2. The van der Waals surface area contributed by atoms with E-state index in [1.165, 1.54) is 8.03 Å². The van der Waals surface area contributed by atoms with Crippen molar-refractivity contribution in [3.8, 4) is 5.75 Å². The fraction of sp³-hybridized carbons (Fsp3) is 0.0667. The second-order valence-electron chi connectivity index (χ2n) is 3.98. The van der Waals surface area contributed by atoms with Crippen LogP contribution < -0.4 is 13.9 Å². The van der Waals surface area contributed by atoms with Crippen LogP contribution in [0, 0.1) is 3.57 Å². The summed E-state index contributed by atoms with van der Waals surface area (Å²) >= 11 is 2.56. The fourth-order valence-electron chi connectivity index (χ4n) is 1.81. The van der Waals surface area contributed by atoms with E-state index < -0.39 is 0 Å². The molecule has 0 aliphatic carbocycles. The van der Waals surface area contributed by atoms with Crippen molar-refractivity contribution in [2.24, 2.45) is 0 Å². The maximum atomic E-state index is 5.99. The molecule has 3 aromatic rings. The summed E-state index contributed by atoms with van der Waals surface area (Å²) in [5, 5.41) is 1.16. The van der Waals surface area contributed by atoms with Gasteiger partial charge in [-0.25, -0.2) is 0 Å². The summed E-state index contributed by atoms with van der Waals surface area (Å²) in [6.07, 6.45) is 0. The van der Waals surface area contributed by atoms with Crippen LogP contribution in [0.25, 0.3) is 11.0 Å². The summed E-state index contributed by atoms with van der Waals surface area (Å²) in [7, 11) is 1.67. The minimum atomic E-state index is 0.198. The monoisotopic (exact) mass is 430 g/mol. The van der Waals surface area contributed by atoms with E-state index in [-0.39, 0.29) is 15.0 Å². The minimum absolute atomic E-state index is 0.198. The van der Waals surface area contributed by atoms with E-state index in [9.17, 15) is 0 Å². The van der Waals surface area contributed by atoms with Gasteiger partial charge >= 0.3 is 132 Å². The van der Waals surface area contributed by atoms with Crippen molar-refractivity contribution in [2.75, 3.05) is 7.11 Å². The third kappa shape index (κ3) is 2.66. The van der Waals surface area contributed by atoms with Crippen molar-refractivity contribution in [2.45, 2.75) is 0 Å². The molecule has 0 aliphatic rings. The van der Waals surface area contributed by atoms with E-state index in [1.54, 1.807) is 7.11 Å². The topological polar surface area (TPSA) is 22.4 Å². The molecule has 4 heteroatoms. The Balaban J connectivity index is 2.02. The van der Waals surface area contributed by atoms with Crippen molar-refractivity contribution < 1.29 is 9.15 Å². The third-order valence-corrected chi connectivity index (χ3v) is 6.71. The average molecular weight is 429 g/mol. The van der Waals surface area contributed by atoms with Crippen LogP contribution in [0.2, 0.25) is 0 Å². The van der Waals surface area contributed by atoms with Crippen LogP contribution in [0.15, 0.2) is 52.9 Å². The molecular weight excluding hydrogens is 418 g/mol. The van der Waals surface area contributed by atoms with Gasteiger partial charge < -0.3 is 0 Å². The van der Waals surface area contributed by atoms with Crippen molar-refractivity contribution in [3.05, 3.63) is 52.1 Å². The predicted molar refractivity (Wildman–Crippen MR) is 86.9 cm³/mol. The molecule has 19 heavy (non-hydrogen) atoms. The molecule has 2 aromatic carbocycles. The number of furan rings is 1. The quantitative estimate of drug-likeness (QED) is 0.472. The number of ether oxygens (including phenoxy) is 1. The van der Waals surface area contributed by atoms with Gasteiger partial charge in [0.05, 0.1) is 0 Å². The Labute approximate surface area is 131 Å². The first-order chi connectivity index (χ1) is 9.28. The second-order valence-corrected chi connectivity index (χ2v) is 7.25. The van der Waals surface area contributed by atoms with E-state index in [4.69, 9.17) is 9.15 Å². The van der Waals surface area contributed by atoms with Crippen LogP contribution in [0.1, 0.15) is 0 Å².